The highest BCUT2D eigenvalue weighted by molar-refractivity contribution is 5.85. The molecular formula is C12H10F2N2O3. The second kappa shape index (κ2) is 5.05. The van der Waals surface area contributed by atoms with Gasteiger partial charge in [-0.1, -0.05) is 18.2 Å². The number of hydrogen-bond donors (Lipinski definition) is 1. The average Bonchev–Trinajstić information content (AvgIpc) is 2.73. The number of carboxylic acids is 1. The number of aromatic nitrogens is 2. The summed E-state index contributed by atoms with van der Waals surface area (Å²) in [5.74, 6) is -1.63. The Bertz CT molecular complexity index is 611. The second-order valence-corrected chi connectivity index (χ2v) is 3.75. The van der Waals surface area contributed by atoms with E-state index < -0.39 is 12.6 Å². The molecule has 1 N–H and O–H groups in total. The molecule has 2 aromatic rings. The number of aromatic carboxylic acids is 1. The Morgan fingerprint density at radius 3 is 2.68 bits per heavy atom. The fourth-order valence-corrected chi connectivity index (χ4v) is 1.62. The summed E-state index contributed by atoms with van der Waals surface area (Å²) < 4.78 is 30.0. The van der Waals surface area contributed by atoms with Crippen LogP contribution in [0, 0.1) is 6.92 Å². The van der Waals surface area contributed by atoms with Gasteiger partial charge in [-0.3, -0.25) is 0 Å². The molecule has 2 rings (SSSR count). The lowest BCUT2D eigenvalue weighted by atomic mass is 10.2. The number of carboxylic acid groups (broad SMARTS) is 1. The summed E-state index contributed by atoms with van der Waals surface area (Å²) in [7, 11) is 0. The molecule has 0 aliphatic rings. The smallest absolute Gasteiger partial charge is 0.388 e. The molecule has 0 radical (unpaired) electrons. The van der Waals surface area contributed by atoms with Gasteiger partial charge < -0.3 is 9.84 Å². The van der Waals surface area contributed by atoms with E-state index in [-0.39, 0.29) is 11.6 Å². The summed E-state index contributed by atoms with van der Waals surface area (Å²) >= 11 is 0. The summed E-state index contributed by atoms with van der Waals surface area (Å²) in [5, 5.41) is 12.6. The third-order valence-corrected chi connectivity index (χ3v) is 2.45. The molecule has 0 atom stereocenters. The highest BCUT2D eigenvalue weighted by Gasteiger charge is 2.19. The van der Waals surface area contributed by atoms with Crippen LogP contribution in [0.3, 0.4) is 0 Å². The van der Waals surface area contributed by atoms with E-state index >= 15 is 0 Å². The maximum Gasteiger partial charge on any atom is 0.388 e. The molecule has 1 aromatic heterocycles. The molecule has 0 unspecified atom stereocenters. The van der Waals surface area contributed by atoms with Gasteiger partial charge in [0.1, 0.15) is 0 Å². The van der Waals surface area contributed by atoms with Gasteiger partial charge >= 0.3 is 12.6 Å². The molecule has 0 amide bonds. The number of nitrogens with zero attached hydrogens (tertiary/aromatic N) is 2. The summed E-state index contributed by atoms with van der Waals surface area (Å²) in [4.78, 5) is 10.8. The first-order valence-electron chi connectivity index (χ1n) is 5.33. The molecule has 0 saturated carbocycles. The number of rotatable bonds is 4. The van der Waals surface area contributed by atoms with E-state index in [1.807, 2.05) is 0 Å². The molecule has 5 nitrogen and oxygen atoms in total. The first-order valence-corrected chi connectivity index (χ1v) is 5.33. The molecule has 0 spiro atoms. The normalized spacial score (nSPS) is 10.7. The van der Waals surface area contributed by atoms with E-state index in [2.05, 4.69) is 9.84 Å². The highest BCUT2D eigenvalue weighted by atomic mass is 19.3. The third-order valence-electron chi connectivity index (χ3n) is 2.45. The van der Waals surface area contributed by atoms with Crippen molar-refractivity contribution in [2.45, 2.75) is 13.5 Å². The maximum atomic E-state index is 12.3. The first-order chi connectivity index (χ1) is 8.99. The van der Waals surface area contributed by atoms with Crippen LogP contribution in [-0.2, 0) is 0 Å². The minimum atomic E-state index is -3.05. The largest absolute Gasteiger partial charge is 0.476 e. The van der Waals surface area contributed by atoms with Crippen molar-refractivity contribution in [3.63, 3.8) is 0 Å². The summed E-state index contributed by atoms with van der Waals surface area (Å²) in [6, 6.07) is 7.81. The molecular weight excluding hydrogens is 258 g/mol. The van der Waals surface area contributed by atoms with Gasteiger partial charge in [-0.05, 0) is 18.6 Å². The van der Waals surface area contributed by atoms with Crippen molar-refractivity contribution in [2.24, 2.45) is 0 Å². The number of halogens is 2. The Balaban J connectivity index is 2.54. The number of hydrogen-bond acceptors (Lipinski definition) is 3. The van der Waals surface area contributed by atoms with Crippen LogP contribution in [0.15, 0.2) is 30.3 Å². The van der Waals surface area contributed by atoms with Crippen LogP contribution in [0.1, 0.15) is 16.1 Å². The number of alkyl halides is 2. The van der Waals surface area contributed by atoms with Crippen LogP contribution in [0.2, 0.25) is 0 Å². The molecule has 1 aromatic carbocycles. The molecule has 0 bridgehead atoms. The van der Waals surface area contributed by atoms with Crippen molar-refractivity contribution < 1.29 is 23.4 Å². The SMILES string of the molecule is Cc1ccccc1-n1nc(C(=O)O)cc1OC(F)F. The summed E-state index contributed by atoms with van der Waals surface area (Å²) in [6.45, 7) is -1.30. The highest BCUT2D eigenvalue weighted by Crippen LogP contribution is 2.23. The summed E-state index contributed by atoms with van der Waals surface area (Å²) in [5.41, 5.74) is 0.867. The van der Waals surface area contributed by atoms with E-state index in [0.29, 0.717) is 5.69 Å². The zero-order chi connectivity index (χ0) is 14.0. The van der Waals surface area contributed by atoms with Gasteiger partial charge in [-0.2, -0.15) is 18.6 Å². The van der Waals surface area contributed by atoms with Crippen molar-refractivity contribution in [1.82, 2.24) is 9.78 Å². The van der Waals surface area contributed by atoms with Gasteiger partial charge in [0.15, 0.2) is 5.69 Å². The number of para-hydroxylation sites is 1. The van der Waals surface area contributed by atoms with Gasteiger partial charge in [0.2, 0.25) is 5.88 Å². The van der Waals surface area contributed by atoms with Crippen molar-refractivity contribution in [3.05, 3.63) is 41.6 Å². The molecule has 100 valence electrons. The average molecular weight is 268 g/mol. The molecule has 7 heteroatoms. The predicted molar refractivity (Wildman–Crippen MR) is 61.9 cm³/mol. The molecule has 0 saturated heterocycles. The lowest BCUT2D eigenvalue weighted by molar-refractivity contribution is -0.0544. The second-order valence-electron chi connectivity index (χ2n) is 3.75. The fourth-order valence-electron chi connectivity index (χ4n) is 1.62. The zero-order valence-corrected chi connectivity index (χ0v) is 9.88. The predicted octanol–water partition coefficient (Wildman–Crippen LogP) is 2.48. The first kappa shape index (κ1) is 13.0. The standard InChI is InChI=1S/C12H10F2N2O3/c1-7-4-2-3-5-9(7)16-10(19-12(13)14)6-8(15-16)11(17)18/h2-6,12H,1H3,(H,17,18). The zero-order valence-electron chi connectivity index (χ0n) is 9.88. The molecule has 0 fully saturated rings. The van der Waals surface area contributed by atoms with E-state index in [0.717, 1.165) is 16.3 Å². The van der Waals surface area contributed by atoms with Crippen LogP contribution < -0.4 is 4.74 Å². The Hall–Kier alpha value is -2.44. The van der Waals surface area contributed by atoms with E-state index in [4.69, 9.17) is 5.11 Å². The van der Waals surface area contributed by atoms with Crippen LogP contribution in [0.25, 0.3) is 5.69 Å². The Labute approximate surface area is 107 Å². The van der Waals surface area contributed by atoms with Gasteiger partial charge in [-0.25, -0.2) is 4.79 Å². The van der Waals surface area contributed by atoms with Crippen LogP contribution in [0.4, 0.5) is 8.78 Å². The minimum absolute atomic E-state index is 0.318. The molecule has 0 aliphatic carbocycles. The van der Waals surface area contributed by atoms with E-state index in [9.17, 15) is 13.6 Å². The van der Waals surface area contributed by atoms with Crippen molar-refractivity contribution in [2.75, 3.05) is 0 Å². The Kier molecular flexibility index (Phi) is 3.46. The minimum Gasteiger partial charge on any atom is -0.476 e. The molecule has 1 heterocycles. The van der Waals surface area contributed by atoms with E-state index in [1.165, 1.54) is 0 Å². The maximum absolute atomic E-state index is 12.3. The molecule has 19 heavy (non-hydrogen) atoms. The lowest BCUT2D eigenvalue weighted by Gasteiger charge is -2.09. The molecule has 0 aliphatic heterocycles. The summed E-state index contributed by atoms with van der Waals surface area (Å²) in [6.07, 6.45) is 0. The van der Waals surface area contributed by atoms with Crippen molar-refractivity contribution in [3.8, 4) is 11.6 Å². The van der Waals surface area contributed by atoms with Gasteiger partial charge in [0, 0.05) is 6.07 Å². The van der Waals surface area contributed by atoms with Crippen LogP contribution >= 0.6 is 0 Å². The third kappa shape index (κ3) is 2.70. The van der Waals surface area contributed by atoms with Crippen LogP contribution in [-0.4, -0.2) is 27.5 Å². The number of ether oxygens (including phenoxy) is 1. The van der Waals surface area contributed by atoms with E-state index in [1.54, 1.807) is 31.2 Å². The monoisotopic (exact) mass is 268 g/mol. The van der Waals surface area contributed by atoms with Gasteiger partial charge in [0.05, 0.1) is 5.69 Å². The van der Waals surface area contributed by atoms with Crippen molar-refractivity contribution in [1.29, 1.82) is 0 Å². The van der Waals surface area contributed by atoms with Gasteiger partial charge in [0.25, 0.3) is 0 Å². The number of carbonyl (C=O) groups is 1. The quantitative estimate of drug-likeness (QED) is 0.925. The van der Waals surface area contributed by atoms with Gasteiger partial charge in [-0.15, -0.1) is 0 Å². The topological polar surface area (TPSA) is 64.4 Å². The Morgan fingerprint density at radius 2 is 2.11 bits per heavy atom. The van der Waals surface area contributed by atoms with Crippen molar-refractivity contribution >= 4 is 5.97 Å². The fraction of sp³-hybridized carbons (Fsp3) is 0.167. The number of benzene rings is 1. The van der Waals surface area contributed by atoms with Crippen LogP contribution in [0.5, 0.6) is 5.88 Å². The lowest BCUT2D eigenvalue weighted by Crippen LogP contribution is -2.08. The Morgan fingerprint density at radius 1 is 1.42 bits per heavy atom. The number of aryl methyl sites for hydroxylation is 1.